The van der Waals surface area contributed by atoms with Crippen molar-refractivity contribution in [2.45, 2.75) is 4.90 Å². The van der Waals surface area contributed by atoms with E-state index in [2.05, 4.69) is 15.0 Å². The molecule has 1 aromatic heterocycles. The molecular weight excluding hydrogens is 409 g/mol. The van der Waals surface area contributed by atoms with Gasteiger partial charge in [-0.2, -0.15) is 0 Å². The van der Waals surface area contributed by atoms with Crippen LogP contribution in [0.1, 0.15) is 10.4 Å². The number of carbonyl (C=O) groups is 1. The number of rotatable bonds is 5. The molecule has 0 aliphatic rings. The van der Waals surface area contributed by atoms with Gasteiger partial charge in [-0.3, -0.25) is 9.52 Å². The number of sulfonamides is 1. The van der Waals surface area contributed by atoms with Crippen molar-refractivity contribution in [3.8, 4) is 0 Å². The van der Waals surface area contributed by atoms with Crippen LogP contribution < -0.4 is 10.0 Å². The Morgan fingerprint density at radius 2 is 1.70 bits per heavy atom. The number of amides is 1. The summed E-state index contributed by atoms with van der Waals surface area (Å²) in [5.74, 6) is -0.378. The Labute approximate surface area is 166 Å². The van der Waals surface area contributed by atoms with Gasteiger partial charge in [0.25, 0.3) is 15.9 Å². The second-order valence-electron chi connectivity index (χ2n) is 5.42. The molecule has 0 atom stereocenters. The van der Waals surface area contributed by atoms with E-state index in [4.69, 9.17) is 23.2 Å². The molecule has 138 valence electrons. The molecule has 0 saturated carbocycles. The van der Waals surface area contributed by atoms with E-state index < -0.39 is 15.9 Å². The van der Waals surface area contributed by atoms with Crippen LogP contribution in [-0.4, -0.2) is 19.3 Å². The van der Waals surface area contributed by atoms with Gasteiger partial charge >= 0.3 is 0 Å². The molecule has 1 heterocycles. The Morgan fingerprint density at radius 3 is 2.37 bits per heavy atom. The average Bonchev–Trinajstić information content (AvgIpc) is 2.64. The maximum atomic E-state index is 12.5. The molecule has 0 bridgehead atoms. The van der Waals surface area contributed by atoms with E-state index in [0.29, 0.717) is 10.7 Å². The van der Waals surface area contributed by atoms with Crippen LogP contribution in [0.4, 0.5) is 11.5 Å². The number of nitrogens with zero attached hydrogens (tertiary/aromatic N) is 1. The summed E-state index contributed by atoms with van der Waals surface area (Å²) < 4.78 is 27.4. The monoisotopic (exact) mass is 421 g/mol. The van der Waals surface area contributed by atoms with Crippen molar-refractivity contribution in [3.63, 3.8) is 0 Å². The SMILES string of the molecule is O=C(Nc1ccc(Cl)cc1)c1cc(S(=O)(=O)Nc2ccccn2)ccc1Cl. The average molecular weight is 422 g/mol. The zero-order valence-electron chi connectivity index (χ0n) is 13.7. The second kappa shape index (κ2) is 7.96. The number of carbonyl (C=O) groups excluding carboxylic acids is 1. The predicted octanol–water partition coefficient (Wildman–Crippen LogP) is 4.44. The van der Waals surface area contributed by atoms with Gasteiger partial charge < -0.3 is 5.32 Å². The molecule has 0 fully saturated rings. The molecular formula is C18H13Cl2N3O3S. The third-order valence-electron chi connectivity index (χ3n) is 3.50. The van der Waals surface area contributed by atoms with E-state index in [1.165, 1.54) is 30.5 Å². The lowest BCUT2D eigenvalue weighted by molar-refractivity contribution is 0.102. The molecule has 0 aliphatic carbocycles. The minimum atomic E-state index is -3.93. The van der Waals surface area contributed by atoms with Crippen molar-refractivity contribution in [2.75, 3.05) is 10.0 Å². The fourth-order valence-electron chi connectivity index (χ4n) is 2.20. The number of benzene rings is 2. The fraction of sp³-hybridized carbons (Fsp3) is 0. The Kier molecular flexibility index (Phi) is 5.65. The van der Waals surface area contributed by atoms with Gasteiger partial charge in [-0.15, -0.1) is 0 Å². The van der Waals surface area contributed by atoms with Crippen LogP contribution in [0.25, 0.3) is 0 Å². The van der Waals surface area contributed by atoms with E-state index in [1.807, 2.05) is 0 Å². The fourth-order valence-corrected chi connectivity index (χ4v) is 3.56. The zero-order valence-corrected chi connectivity index (χ0v) is 16.0. The van der Waals surface area contributed by atoms with Crippen molar-refractivity contribution < 1.29 is 13.2 Å². The van der Waals surface area contributed by atoms with Gasteiger partial charge in [0.05, 0.1) is 15.5 Å². The Hall–Kier alpha value is -2.61. The zero-order chi connectivity index (χ0) is 19.4. The van der Waals surface area contributed by atoms with Crippen molar-refractivity contribution in [2.24, 2.45) is 0 Å². The first-order chi connectivity index (χ1) is 12.8. The molecule has 27 heavy (non-hydrogen) atoms. The van der Waals surface area contributed by atoms with Crippen LogP contribution in [0.5, 0.6) is 0 Å². The molecule has 3 aromatic rings. The van der Waals surface area contributed by atoms with E-state index in [9.17, 15) is 13.2 Å². The van der Waals surface area contributed by atoms with Gasteiger partial charge in [0.2, 0.25) is 0 Å². The Balaban J connectivity index is 1.87. The number of hydrogen-bond donors (Lipinski definition) is 2. The number of halogens is 2. The van der Waals surface area contributed by atoms with Gasteiger partial charge in [0.15, 0.2) is 0 Å². The quantitative estimate of drug-likeness (QED) is 0.636. The first kappa shape index (κ1) is 19.2. The number of pyridine rings is 1. The summed E-state index contributed by atoms with van der Waals surface area (Å²) in [7, 11) is -3.93. The molecule has 0 saturated heterocycles. The van der Waals surface area contributed by atoms with Gasteiger partial charge in [0, 0.05) is 16.9 Å². The smallest absolute Gasteiger partial charge is 0.263 e. The molecule has 2 aromatic carbocycles. The number of nitrogens with one attached hydrogen (secondary N) is 2. The minimum absolute atomic E-state index is 0.0236. The molecule has 0 radical (unpaired) electrons. The first-order valence-corrected chi connectivity index (χ1v) is 9.89. The van der Waals surface area contributed by atoms with Crippen LogP contribution in [-0.2, 0) is 10.0 Å². The van der Waals surface area contributed by atoms with Crippen molar-refractivity contribution in [3.05, 3.63) is 82.5 Å². The summed E-state index contributed by atoms with van der Waals surface area (Å²) in [4.78, 5) is 16.3. The summed E-state index contributed by atoms with van der Waals surface area (Å²) in [5.41, 5.74) is 0.524. The van der Waals surface area contributed by atoms with Crippen molar-refractivity contribution >= 4 is 50.6 Å². The maximum Gasteiger partial charge on any atom is 0.263 e. The van der Waals surface area contributed by atoms with Crippen LogP contribution >= 0.6 is 23.2 Å². The minimum Gasteiger partial charge on any atom is -0.322 e. The van der Waals surface area contributed by atoms with E-state index >= 15 is 0 Å². The van der Waals surface area contributed by atoms with Crippen molar-refractivity contribution in [1.29, 1.82) is 0 Å². The third kappa shape index (κ3) is 4.77. The molecule has 0 spiro atoms. The number of anilines is 2. The highest BCUT2D eigenvalue weighted by Gasteiger charge is 2.19. The topological polar surface area (TPSA) is 88.2 Å². The summed E-state index contributed by atoms with van der Waals surface area (Å²) in [6.07, 6.45) is 1.46. The second-order valence-corrected chi connectivity index (χ2v) is 7.95. The number of aromatic nitrogens is 1. The van der Waals surface area contributed by atoms with E-state index in [1.54, 1.807) is 36.4 Å². The van der Waals surface area contributed by atoms with Crippen LogP contribution in [0, 0.1) is 0 Å². The van der Waals surface area contributed by atoms with Crippen LogP contribution in [0.2, 0.25) is 10.0 Å². The van der Waals surface area contributed by atoms with Crippen molar-refractivity contribution in [1.82, 2.24) is 4.98 Å². The van der Waals surface area contributed by atoms with Gasteiger partial charge in [-0.25, -0.2) is 13.4 Å². The normalized spacial score (nSPS) is 11.0. The summed E-state index contributed by atoms with van der Waals surface area (Å²) in [6.45, 7) is 0. The van der Waals surface area contributed by atoms with Gasteiger partial charge in [-0.05, 0) is 54.6 Å². The summed E-state index contributed by atoms with van der Waals surface area (Å²) >= 11 is 11.9. The lowest BCUT2D eigenvalue weighted by Crippen LogP contribution is -2.16. The highest BCUT2D eigenvalue weighted by molar-refractivity contribution is 7.92. The Morgan fingerprint density at radius 1 is 0.963 bits per heavy atom. The lowest BCUT2D eigenvalue weighted by Gasteiger charge is -2.11. The standard InChI is InChI=1S/C18H13Cl2N3O3S/c19-12-4-6-13(7-5-12)22-18(24)15-11-14(8-9-16(15)20)27(25,26)23-17-3-1-2-10-21-17/h1-11H,(H,21,23)(H,22,24). The van der Waals surface area contributed by atoms with Gasteiger partial charge in [0.1, 0.15) is 5.82 Å². The predicted molar refractivity (Wildman–Crippen MR) is 106 cm³/mol. The molecule has 1 amide bonds. The Bertz CT molecular complexity index is 1070. The van der Waals surface area contributed by atoms with E-state index in [0.717, 1.165) is 0 Å². The van der Waals surface area contributed by atoms with E-state index in [-0.39, 0.29) is 21.3 Å². The first-order valence-electron chi connectivity index (χ1n) is 7.65. The van der Waals surface area contributed by atoms with Crippen LogP contribution in [0.3, 0.4) is 0 Å². The maximum absolute atomic E-state index is 12.5. The highest BCUT2D eigenvalue weighted by Crippen LogP contribution is 2.23. The summed E-state index contributed by atoms with van der Waals surface area (Å²) in [5, 5.41) is 3.30. The molecule has 9 heteroatoms. The highest BCUT2D eigenvalue weighted by atomic mass is 35.5. The van der Waals surface area contributed by atoms with Gasteiger partial charge in [-0.1, -0.05) is 29.3 Å². The largest absolute Gasteiger partial charge is 0.322 e. The molecule has 6 nitrogen and oxygen atoms in total. The van der Waals surface area contributed by atoms with Crippen LogP contribution in [0.15, 0.2) is 71.8 Å². The molecule has 0 aliphatic heterocycles. The third-order valence-corrected chi connectivity index (χ3v) is 5.43. The molecule has 2 N–H and O–H groups in total. The lowest BCUT2D eigenvalue weighted by atomic mass is 10.2. The summed E-state index contributed by atoms with van der Waals surface area (Å²) in [6, 6.07) is 15.2. The number of hydrogen-bond acceptors (Lipinski definition) is 4. The molecule has 3 rings (SSSR count). The molecule has 0 unspecified atom stereocenters.